The lowest BCUT2D eigenvalue weighted by molar-refractivity contribution is -0.161. The number of allylic oxidation sites excluding steroid dienone is 12. The lowest BCUT2D eigenvalue weighted by Gasteiger charge is -2.20. The molecule has 0 saturated heterocycles. The lowest BCUT2D eigenvalue weighted by Crippen LogP contribution is -2.29. The Labute approximate surface area is 354 Å². The van der Waals surface area contributed by atoms with Crippen molar-refractivity contribution in [1.82, 2.24) is 5.32 Å². The van der Waals surface area contributed by atoms with Crippen LogP contribution in [0, 0.1) is 0 Å². The molecule has 0 bridgehead atoms. The second-order valence-electron chi connectivity index (χ2n) is 14.8. The monoisotopic (exact) mass is 834 g/mol. The molecule has 0 saturated carbocycles. The molecule has 0 aromatic carbocycles. The van der Waals surface area contributed by atoms with Crippen molar-refractivity contribution in [3.63, 3.8) is 0 Å². The van der Waals surface area contributed by atoms with Gasteiger partial charge in [0, 0.05) is 19.4 Å². The number of ether oxygens (including phenoxy) is 2. The molecule has 9 nitrogen and oxygen atoms in total. The van der Waals surface area contributed by atoms with Crippen LogP contribution in [0.1, 0.15) is 181 Å². The van der Waals surface area contributed by atoms with Gasteiger partial charge >= 0.3 is 19.8 Å². The fourth-order valence-corrected chi connectivity index (χ4v) is 6.63. The van der Waals surface area contributed by atoms with Crippen LogP contribution in [0.2, 0.25) is 0 Å². The van der Waals surface area contributed by atoms with Crippen molar-refractivity contribution in [3.05, 3.63) is 72.9 Å². The quantitative estimate of drug-likeness (QED) is 0.0268. The Morgan fingerprint density at radius 1 is 0.552 bits per heavy atom. The number of hydrogen-bond donors (Lipinski definition) is 2. The summed E-state index contributed by atoms with van der Waals surface area (Å²) < 4.78 is 33.2. The molecule has 0 aliphatic carbocycles. The first kappa shape index (κ1) is 55.5. The standard InChI is InChI=1S/C48H84NO8P/c1-4-6-8-10-12-14-16-18-20-22-23-25-27-29-31-33-35-37-39-41-48(51)57-46(45-56-58(52,53)55-43-42-49-3)44-54-47(50)40-38-36-34-32-30-28-26-24-21-19-17-15-13-11-9-7-5-2/h7,9,13,15,18-21,26,28,32,34,46,49H,4-6,8,10-12,14,16-17,22-25,27,29-31,33,35-45H2,1-3H3,(H,52,53)/b9-7-,15-13-,20-18-,21-19-,28-26-,34-32-. The highest BCUT2D eigenvalue weighted by Gasteiger charge is 2.26. The summed E-state index contributed by atoms with van der Waals surface area (Å²) in [5.41, 5.74) is 0. The van der Waals surface area contributed by atoms with Gasteiger partial charge in [0.2, 0.25) is 0 Å². The van der Waals surface area contributed by atoms with E-state index in [9.17, 15) is 19.0 Å². The Kier molecular flexibility index (Phi) is 42.1. The molecule has 2 unspecified atom stereocenters. The summed E-state index contributed by atoms with van der Waals surface area (Å²) in [5.74, 6) is -0.880. The Balaban J connectivity index is 4.28. The largest absolute Gasteiger partial charge is 0.472 e. The molecule has 0 spiro atoms. The van der Waals surface area contributed by atoms with Gasteiger partial charge in [-0.15, -0.1) is 0 Å². The van der Waals surface area contributed by atoms with Gasteiger partial charge in [0.15, 0.2) is 6.10 Å². The first-order valence-corrected chi connectivity index (χ1v) is 24.4. The second-order valence-corrected chi connectivity index (χ2v) is 16.3. The first-order chi connectivity index (χ1) is 28.3. The summed E-state index contributed by atoms with van der Waals surface area (Å²) >= 11 is 0. The first-order valence-electron chi connectivity index (χ1n) is 22.9. The van der Waals surface area contributed by atoms with Crippen molar-refractivity contribution in [2.24, 2.45) is 0 Å². The number of carbonyl (C=O) groups excluding carboxylic acids is 2. The number of phosphoric ester groups is 1. The van der Waals surface area contributed by atoms with Crippen LogP contribution in [-0.2, 0) is 32.7 Å². The minimum absolute atomic E-state index is 0.0292. The van der Waals surface area contributed by atoms with E-state index >= 15 is 0 Å². The second kappa shape index (κ2) is 44.0. The third-order valence-corrected chi connectivity index (χ3v) is 10.3. The van der Waals surface area contributed by atoms with E-state index in [0.29, 0.717) is 19.4 Å². The lowest BCUT2D eigenvalue weighted by atomic mass is 10.1. The van der Waals surface area contributed by atoms with Gasteiger partial charge in [-0.1, -0.05) is 164 Å². The molecule has 2 atom stereocenters. The molecular formula is C48H84NO8P. The molecule has 10 heteroatoms. The number of esters is 2. The van der Waals surface area contributed by atoms with Gasteiger partial charge in [0.05, 0.1) is 13.2 Å². The van der Waals surface area contributed by atoms with Crippen LogP contribution in [0.15, 0.2) is 72.9 Å². The van der Waals surface area contributed by atoms with E-state index in [-0.39, 0.29) is 26.1 Å². The van der Waals surface area contributed by atoms with Gasteiger partial charge < -0.3 is 19.7 Å². The van der Waals surface area contributed by atoms with Crippen molar-refractivity contribution >= 4 is 19.8 Å². The molecule has 0 amide bonds. The van der Waals surface area contributed by atoms with E-state index in [1.165, 1.54) is 83.5 Å². The summed E-state index contributed by atoms with van der Waals surface area (Å²) in [6, 6.07) is 0. The molecule has 0 heterocycles. The number of unbranched alkanes of at least 4 members (excludes halogenated alkanes) is 16. The molecule has 0 rings (SSSR count). The normalized spacial score (nSPS) is 13.9. The Hall–Kier alpha value is -2.55. The van der Waals surface area contributed by atoms with Crippen molar-refractivity contribution in [3.8, 4) is 0 Å². The Morgan fingerprint density at radius 2 is 1.00 bits per heavy atom. The molecule has 2 N–H and O–H groups in total. The van der Waals surface area contributed by atoms with Gasteiger partial charge in [-0.05, 0) is 84.1 Å². The van der Waals surface area contributed by atoms with E-state index in [1.54, 1.807) is 7.05 Å². The zero-order valence-corrected chi connectivity index (χ0v) is 37.9. The van der Waals surface area contributed by atoms with E-state index in [4.69, 9.17) is 18.5 Å². The molecule has 334 valence electrons. The molecule has 0 aliphatic heterocycles. The summed E-state index contributed by atoms with van der Waals surface area (Å²) in [7, 11) is -2.67. The molecule has 0 aromatic heterocycles. The minimum atomic E-state index is -4.37. The zero-order chi connectivity index (χ0) is 42.5. The van der Waals surface area contributed by atoms with E-state index < -0.39 is 32.5 Å². The number of phosphoric acid groups is 1. The highest BCUT2D eigenvalue weighted by Crippen LogP contribution is 2.43. The van der Waals surface area contributed by atoms with Crippen LogP contribution in [0.5, 0.6) is 0 Å². The minimum Gasteiger partial charge on any atom is -0.462 e. The third kappa shape index (κ3) is 43.0. The van der Waals surface area contributed by atoms with Crippen molar-refractivity contribution < 1.29 is 37.6 Å². The molecule has 0 radical (unpaired) electrons. The van der Waals surface area contributed by atoms with Gasteiger partial charge in [0.1, 0.15) is 6.61 Å². The Bertz CT molecular complexity index is 1180. The highest BCUT2D eigenvalue weighted by molar-refractivity contribution is 7.47. The number of hydrogen-bond acceptors (Lipinski definition) is 8. The number of likely N-dealkylation sites (N-methyl/N-ethyl adjacent to an activating group) is 1. The number of nitrogens with one attached hydrogen (secondary N) is 1. The molecular weight excluding hydrogens is 750 g/mol. The fraction of sp³-hybridized carbons (Fsp3) is 0.708. The predicted molar refractivity (Wildman–Crippen MR) is 243 cm³/mol. The van der Waals surface area contributed by atoms with Crippen LogP contribution in [-0.4, -0.2) is 56.3 Å². The average molecular weight is 834 g/mol. The van der Waals surface area contributed by atoms with Crippen LogP contribution >= 0.6 is 7.82 Å². The van der Waals surface area contributed by atoms with E-state index in [0.717, 1.165) is 57.8 Å². The Morgan fingerprint density at radius 3 is 1.53 bits per heavy atom. The fourth-order valence-electron chi connectivity index (χ4n) is 5.88. The van der Waals surface area contributed by atoms with Crippen LogP contribution < -0.4 is 5.32 Å². The smallest absolute Gasteiger partial charge is 0.462 e. The third-order valence-electron chi connectivity index (χ3n) is 9.31. The van der Waals surface area contributed by atoms with Gasteiger partial charge in [0.25, 0.3) is 0 Å². The zero-order valence-electron chi connectivity index (χ0n) is 37.0. The van der Waals surface area contributed by atoms with Crippen molar-refractivity contribution in [1.29, 1.82) is 0 Å². The van der Waals surface area contributed by atoms with Gasteiger partial charge in [-0.25, -0.2) is 4.57 Å². The molecule has 0 aliphatic rings. The SMILES string of the molecule is CC/C=C\C/C=C\C/C=C\C/C=C\C/C=C\CCCC(=O)OCC(COP(=O)(O)OCCNC)OC(=O)CCCCCCCCCCC/C=C\CCCCCCCC. The van der Waals surface area contributed by atoms with E-state index in [1.807, 2.05) is 0 Å². The average Bonchev–Trinajstić information content (AvgIpc) is 3.21. The number of carbonyl (C=O) groups is 2. The molecule has 58 heavy (non-hydrogen) atoms. The maximum absolute atomic E-state index is 12.6. The van der Waals surface area contributed by atoms with Gasteiger partial charge in [-0.3, -0.25) is 18.6 Å². The summed E-state index contributed by atoms with van der Waals surface area (Å²) in [6.07, 6.45) is 52.4. The van der Waals surface area contributed by atoms with Crippen LogP contribution in [0.3, 0.4) is 0 Å². The summed E-state index contributed by atoms with van der Waals surface area (Å²) in [6.45, 7) is 4.04. The topological polar surface area (TPSA) is 120 Å². The van der Waals surface area contributed by atoms with E-state index in [2.05, 4.69) is 92.1 Å². The maximum Gasteiger partial charge on any atom is 0.472 e. The highest BCUT2D eigenvalue weighted by atomic mass is 31.2. The number of rotatable bonds is 42. The summed E-state index contributed by atoms with van der Waals surface area (Å²) in [5, 5.41) is 2.82. The van der Waals surface area contributed by atoms with Crippen molar-refractivity contribution in [2.45, 2.75) is 187 Å². The summed E-state index contributed by atoms with van der Waals surface area (Å²) in [4.78, 5) is 35.1. The molecule has 0 aromatic rings. The van der Waals surface area contributed by atoms with Crippen LogP contribution in [0.4, 0.5) is 0 Å². The molecule has 0 fully saturated rings. The van der Waals surface area contributed by atoms with Crippen LogP contribution in [0.25, 0.3) is 0 Å². The van der Waals surface area contributed by atoms with Crippen molar-refractivity contribution in [2.75, 3.05) is 33.4 Å². The maximum atomic E-state index is 12.6. The van der Waals surface area contributed by atoms with Gasteiger partial charge in [-0.2, -0.15) is 0 Å². The predicted octanol–water partition coefficient (Wildman–Crippen LogP) is 13.3.